The Morgan fingerprint density at radius 3 is 2.00 bits per heavy atom. The Balaban J connectivity index is 1.36. The van der Waals surface area contributed by atoms with Gasteiger partial charge in [-0.1, -0.05) is 53.5 Å². The van der Waals surface area contributed by atoms with Crippen LogP contribution in [0.3, 0.4) is 0 Å². The zero-order valence-electron chi connectivity index (χ0n) is 22.4. The first-order chi connectivity index (χ1) is 19.4. The molecule has 1 amide bonds. The van der Waals surface area contributed by atoms with Crippen LogP contribution >= 0.6 is 23.2 Å². The van der Waals surface area contributed by atoms with Crippen LogP contribution in [0, 0.1) is 0 Å². The molecule has 1 aromatic heterocycles. The first-order valence-corrected chi connectivity index (χ1v) is 14.6. The van der Waals surface area contributed by atoms with Crippen LogP contribution in [0.1, 0.15) is 73.0 Å². The number of esters is 1. The second kappa shape index (κ2) is 11.3. The van der Waals surface area contributed by atoms with E-state index in [1.54, 1.807) is 4.90 Å². The van der Waals surface area contributed by atoms with Crippen LogP contribution < -0.4 is 0 Å². The van der Waals surface area contributed by atoms with Gasteiger partial charge in [-0.05, 0) is 78.8 Å². The Bertz CT molecular complexity index is 1490. The molecule has 2 aliphatic rings. The van der Waals surface area contributed by atoms with Crippen LogP contribution in [0.5, 0.6) is 0 Å². The third kappa shape index (κ3) is 5.61. The summed E-state index contributed by atoms with van der Waals surface area (Å²) in [6.45, 7) is 2.39. The summed E-state index contributed by atoms with van der Waals surface area (Å²) < 4.78 is 7.38. The predicted octanol–water partition coefficient (Wildman–Crippen LogP) is 7.13. The molecule has 8 heteroatoms. The van der Waals surface area contributed by atoms with Crippen LogP contribution in [0.15, 0.2) is 66.7 Å². The molecule has 206 valence electrons. The lowest BCUT2D eigenvalue weighted by molar-refractivity contribution is -0.150. The maximum absolute atomic E-state index is 12.5. The number of carbonyl (C=O) groups excluding carboxylic acids is 2. The molecule has 40 heavy (non-hydrogen) atoms. The van der Waals surface area contributed by atoms with E-state index in [0.717, 1.165) is 53.7 Å². The van der Waals surface area contributed by atoms with Gasteiger partial charge in [0.2, 0.25) is 0 Å². The van der Waals surface area contributed by atoms with Crippen molar-refractivity contribution in [1.82, 2.24) is 14.5 Å². The number of carbonyl (C=O) groups is 2. The van der Waals surface area contributed by atoms with Gasteiger partial charge in [-0.2, -0.15) is 0 Å². The summed E-state index contributed by atoms with van der Waals surface area (Å²) in [6, 6.07) is 22.9. The molecule has 0 bridgehead atoms. The summed E-state index contributed by atoms with van der Waals surface area (Å²) in [5.41, 5.74) is 5.62. The van der Waals surface area contributed by atoms with Crippen molar-refractivity contribution in [1.29, 1.82) is 0 Å². The Morgan fingerprint density at radius 2 is 1.45 bits per heavy atom. The number of fused-ring (bicyclic) bond motifs is 1. The molecule has 1 aliphatic carbocycles. The zero-order valence-corrected chi connectivity index (χ0v) is 23.9. The minimum absolute atomic E-state index is 0.00685. The van der Waals surface area contributed by atoms with Crippen molar-refractivity contribution in [3.05, 3.63) is 99.3 Å². The average Bonchev–Trinajstić information content (AvgIpc) is 3.74. The van der Waals surface area contributed by atoms with Crippen molar-refractivity contribution in [2.75, 3.05) is 19.7 Å². The second-order valence-electron chi connectivity index (χ2n) is 10.8. The van der Waals surface area contributed by atoms with Crippen LogP contribution in [0.2, 0.25) is 10.0 Å². The molecule has 6 rings (SSSR count). The minimum atomic E-state index is -0.437. The van der Waals surface area contributed by atoms with Crippen molar-refractivity contribution in [3.8, 4) is 0 Å². The Morgan fingerprint density at radius 1 is 0.875 bits per heavy atom. The first kappa shape index (κ1) is 26.9. The van der Waals surface area contributed by atoms with E-state index in [0.29, 0.717) is 29.1 Å². The summed E-state index contributed by atoms with van der Waals surface area (Å²) in [6.07, 6.45) is 3.99. The van der Waals surface area contributed by atoms with E-state index in [-0.39, 0.29) is 24.5 Å². The highest BCUT2D eigenvalue weighted by atomic mass is 35.5. The molecule has 2 fully saturated rings. The van der Waals surface area contributed by atoms with Crippen molar-refractivity contribution >= 4 is 46.1 Å². The SMILES string of the molecule is CC(=O)OCC(=O)N1CCC(n2c(C3CC3)nc3ccc(C(c4ccc(Cl)cc4)c4ccc(Cl)cc4)cc32)CC1. The van der Waals surface area contributed by atoms with Gasteiger partial charge >= 0.3 is 5.97 Å². The maximum atomic E-state index is 12.5. The third-order valence-corrected chi connectivity index (χ3v) is 8.51. The van der Waals surface area contributed by atoms with E-state index >= 15 is 0 Å². The molecule has 0 atom stereocenters. The van der Waals surface area contributed by atoms with Crippen LogP contribution in [-0.4, -0.2) is 46.0 Å². The van der Waals surface area contributed by atoms with Gasteiger partial charge in [0.1, 0.15) is 5.82 Å². The van der Waals surface area contributed by atoms with E-state index in [1.807, 2.05) is 24.3 Å². The fraction of sp³-hybridized carbons (Fsp3) is 0.344. The minimum Gasteiger partial charge on any atom is -0.456 e. The van der Waals surface area contributed by atoms with Gasteiger partial charge in [0.25, 0.3) is 5.91 Å². The van der Waals surface area contributed by atoms with Crippen LogP contribution in [0.25, 0.3) is 11.0 Å². The van der Waals surface area contributed by atoms with Gasteiger partial charge in [0.05, 0.1) is 11.0 Å². The van der Waals surface area contributed by atoms with Crippen LogP contribution in [-0.2, 0) is 14.3 Å². The first-order valence-electron chi connectivity index (χ1n) is 13.8. The van der Waals surface area contributed by atoms with E-state index in [1.165, 1.54) is 12.5 Å². The molecule has 0 radical (unpaired) electrons. The summed E-state index contributed by atoms with van der Waals surface area (Å²) in [5.74, 6) is 1.08. The molecule has 1 aliphatic heterocycles. The molecule has 0 unspecified atom stereocenters. The smallest absolute Gasteiger partial charge is 0.303 e. The highest BCUT2D eigenvalue weighted by Crippen LogP contribution is 2.44. The monoisotopic (exact) mass is 575 g/mol. The summed E-state index contributed by atoms with van der Waals surface area (Å²) in [7, 11) is 0. The standard InChI is InChI=1S/C32H31Cl2N3O3/c1-20(38)40-19-30(39)36-16-14-27(15-17-36)37-29-18-24(8-13-28(29)35-32(37)23-2-3-23)31(21-4-9-25(33)10-5-21)22-6-11-26(34)12-7-22/h4-13,18,23,27,31H,2-3,14-17,19H2,1H3. The number of imidazole rings is 1. The quantitative estimate of drug-likeness (QED) is 0.174. The van der Waals surface area contributed by atoms with E-state index < -0.39 is 5.97 Å². The molecule has 0 spiro atoms. The number of hydrogen-bond donors (Lipinski definition) is 0. The number of hydrogen-bond acceptors (Lipinski definition) is 4. The van der Waals surface area contributed by atoms with E-state index in [4.69, 9.17) is 32.9 Å². The van der Waals surface area contributed by atoms with Gasteiger partial charge in [0, 0.05) is 47.9 Å². The van der Waals surface area contributed by atoms with Gasteiger partial charge in [0.15, 0.2) is 6.61 Å². The fourth-order valence-electron chi connectivity index (χ4n) is 5.84. The molecule has 3 aromatic carbocycles. The number of likely N-dealkylation sites (tertiary alicyclic amines) is 1. The Hall–Kier alpha value is -3.35. The van der Waals surface area contributed by atoms with E-state index in [9.17, 15) is 9.59 Å². The molecule has 1 saturated heterocycles. The number of halogens is 2. The second-order valence-corrected chi connectivity index (χ2v) is 11.7. The number of aromatic nitrogens is 2. The Labute approximate surface area is 243 Å². The lowest BCUT2D eigenvalue weighted by Gasteiger charge is -2.33. The molecule has 2 heterocycles. The van der Waals surface area contributed by atoms with Gasteiger partial charge in [-0.3, -0.25) is 9.59 Å². The molecular weight excluding hydrogens is 545 g/mol. The number of benzene rings is 3. The van der Waals surface area contributed by atoms with Crippen molar-refractivity contribution in [2.24, 2.45) is 0 Å². The highest BCUT2D eigenvalue weighted by Gasteiger charge is 2.34. The fourth-order valence-corrected chi connectivity index (χ4v) is 6.09. The van der Waals surface area contributed by atoms with Gasteiger partial charge < -0.3 is 14.2 Å². The molecule has 0 N–H and O–H groups in total. The summed E-state index contributed by atoms with van der Waals surface area (Å²) in [5, 5.41) is 1.41. The third-order valence-electron chi connectivity index (χ3n) is 8.00. The lowest BCUT2D eigenvalue weighted by atomic mass is 9.85. The summed E-state index contributed by atoms with van der Waals surface area (Å²) in [4.78, 5) is 30.6. The number of nitrogens with zero attached hydrogens (tertiary/aromatic N) is 3. The lowest BCUT2D eigenvalue weighted by Crippen LogP contribution is -2.41. The van der Waals surface area contributed by atoms with Gasteiger partial charge in [-0.25, -0.2) is 4.98 Å². The number of piperidine rings is 1. The van der Waals surface area contributed by atoms with Crippen molar-refractivity contribution in [2.45, 2.75) is 50.5 Å². The number of rotatable bonds is 7. The highest BCUT2D eigenvalue weighted by molar-refractivity contribution is 6.30. The van der Waals surface area contributed by atoms with Crippen molar-refractivity contribution < 1.29 is 14.3 Å². The van der Waals surface area contributed by atoms with Crippen LogP contribution in [0.4, 0.5) is 0 Å². The molecular formula is C32H31Cl2N3O3. The predicted molar refractivity (Wildman–Crippen MR) is 157 cm³/mol. The van der Waals surface area contributed by atoms with Gasteiger partial charge in [-0.15, -0.1) is 0 Å². The average molecular weight is 577 g/mol. The largest absolute Gasteiger partial charge is 0.456 e. The molecule has 6 nitrogen and oxygen atoms in total. The molecule has 1 saturated carbocycles. The van der Waals surface area contributed by atoms with Crippen molar-refractivity contribution in [3.63, 3.8) is 0 Å². The Kier molecular flexibility index (Phi) is 7.56. The normalized spacial score (nSPS) is 16.1. The molecule has 4 aromatic rings. The summed E-state index contributed by atoms with van der Waals surface area (Å²) >= 11 is 12.5. The number of amides is 1. The number of ether oxygens (including phenoxy) is 1. The van der Waals surface area contributed by atoms with E-state index in [2.05, 4.69) is 47.0 Å². The maximum Gasteiger partial charge on any atom is 0.303 e. The zero-order chi connectivity index (χ0) is 27.8. The topological polar surface area (TPSA) is 64.4 Å².